The fraction of sp³-hybridized carbons (Fsp3) is 0.167. The van der Waals surface area contributed by atoms with Crippen molar-refractivity contribution in [2.24, 2.45) is 0 Å². The molecule has 0 bridgehead atoms. The number of halogens is 2. The molecule has 0 aliphatic heterocycles. The molecule has 4 rings (SSSR count). The molecule has 0 radical (unpaired) electrons. The molecule has 0 aliphatic carbocycles. The second-order valence-electron chi connectivity index (χ2n) is 7.21. The highest BCUT2D eigenvalue weighted by atomic mass is 35.5. The lowest BCUT2D eigenvalue weighted by Gasteiger charge is -2.06. The Morgan fingerprint density at radius 3 is 2.73 bits per heavy atom. The summed E-state index contributed by atoms with van der Waals surface area (Å²) >= 11 is 13.5. The van der Waals surface area contributed by atoms with E-state index >= 15 is 0 Å². The number of hydrogen-bond donors (Lipinski definition) is 2. The quantitative estimate of drug-likeness (QED) is 0.317. The third-order valence-electron chi connectivity index (χ3n) is 4.85. The zero-order chi connectivity index (χ0) is 23.0. The maximum Gasteiger partial charge on any atom is 0.261 e. The van der Waals surface area contributed by atoms with E-state index in [-0.39, 0.29) is 5.91 Å². The Labute approximate surface area is 206 Å². The van der Waals surface area contributed by atoms with E-state index in [4.69, 9.17) is 23.2 Å². The first-order valence-electron chi connectivity index (χ1n) is 10.4. The first-order chi connectivity index (χ1) is 16.1. The average Bonchev–Trinajstić information content (AvgIpc) is 3.32. The molecule has 33 heavy (non-hydrogen) atoms. The van der Waals surface area contributed by atoms with Crippen LogP contribution in [0.25, 0.3) is 10.6 Å². The summed E-state index contributed by atoms with van der Waals surface area (Å²) < 4.78 is 0. The lowest BCUT2D eigenvalue weighted by atomic mass is 10.1. The van der Waals surface area contributed by atoms with E-state index in [0.29, 0.717) is 40.4 Å². The summed E-state index contributed by atoms with van der Waals surface area (Å²) in [6.07, 6.45) is 6.77. The molecule has 0 saturated carbocycles. The average molecular weight is 498 g/mol. The van der Waals surface area contributed by atoms with Gasteiger partial charge in [-0.05, 0) is 60.4 Å². The van der Waals surface area contributed by atoms with Gasteiger partial charge in [-0.15, -0.1) is 11.3 Å². The number of hydrogen-bond acceptors (Lipinski definition) is 6. The number of benzene rings is 1. The predicted molar refractivity (Wildman–Crippen MR) is 134 cm³/mol. The van der Waals surface area contributed by atoms with Gasteiger partial charge < -0.3 is 10.6 Å². The minimum atomic E-state index is -0.125. The summed E-state index contributed by atoms with van der Waals surface area (Å²) in [7, 11) is 0. The SMILES string of the molecule is O=C(NCCc1ccc(Cl)cc1Cl)c1ccc(-c2ccnc(NCCc3cccnc3)n2)s1. The van der Waals surface area contributed by atoms with Crippen LogP contribution in [0.3, 0.4) is 0 Å². The summed E-state index contributed by atoms with van der Waals surface area (Å²) in [5.74, 6) is 0.427. The van der Waals surface area contributed by atoms with Gasteiger partial charge in [0.15, 0.2) is 0 Å². The molecular weight excluding hydrogens is 477 g/mol. The van der Waals surface area contributed by atoms with Crippen molar-refractivity contribution in [2.45, 2.75) is 12.8 Å². The van der Waals surface area contributed by atoms with Crippen LogP contribution in [0.2, 0.25) is 10.0 Å². The molecule has 0 spiro atoms. The van der Waals surface area contributed by atoms with E-state index in [9.17, 15) is 4.79 Å². The molecule has 6 nitrogen and oxygen atoms in total. The minimum Gasteiger partial charge on any atom is -0.354 e. The first-order valence-corrected chi connectivity index (χ1v) is 11.9. The van der Waals surface area contributed by atoms with E-state index in [2.05, 4.69) is 25.6 Å². The van der Waals surface area contributed by atoms with Gasteiger partial charge in [0, 0.05) is 41.7 Å². The molecule has 1 aromatic carbocycles. The number of nitrogens with zero attached hydrogens (tertiary/aromatic N) is 3. The van der Waals surface area contributed by atoms with E-state index in [1.807, 2.05) is 42.6 Å². The Hall–Kier alpha value is -3.00. The smallest absolute Gasteiger partial charge is 0.261 e. The number of nitrogens with one attached hydrogen (secondary N) is 2. The van der Waals surface area contributed by atoms with Gasteiger partial charge in [-0.3, -0.25) is 9.78 Å². The molecule has 0 unspecified atom stereocenters. The number of amides is 1. The van der Waals surface area contributed by atoms with Crippen LogP contribution >= 0.6 is 34.5 Å². The van der Waals surface area contributed by atoms with Gasteiger partial charge in [0.2, 0.25) is 5.95 Å². The highest BCUT2D eigenvalue weighted by Crippen LogP contribution is 2.27. The predicted octanol–water partition coefficient (Wildman–Crippen LogP) is 5.53. The third kappa shape index (κ3) is 6.51. The molecular formula is C24H21Cl2N5OS. The van der Waals surface area contributed by atoms with Crippen LogP contribution in [0.5, 0.6) is 0 Å². The second kappa shape index (κ2) is 11.2. The maximum atomic E-state index is 12.6. The highest BCUT2D eigenvalue weighted by Gasteiger charge is 2.12. The van der Waals surface area contributed by atoms with Gasteiger partial charge in [0.1, 0.15) is 0 Å². The molecule has 0 aliphatic rings. The standard InChI is InChI=1S/C24H21Cl2N5OS/c25-18-4-3-17(19(26)14-18)8-12-28-23(32)22-6-5-21(33-22)20-9-13-30-24(31-20)29-11-7-16-2-1-10-27-15-16/h1-6,9-10,13-15H,7-8,11-12H2,(H,28,32)(H,29,30,31). The number of thiophene rings is 1. The fourth-order valence-electron chi connectivity index (χ4n) is 3.17. The maximum absolute atomic E-state index is 12.6. The monoisotopic (exact) mass is 497 g/mol. The Kier molecular flexibility index (Phi) is 7.88. The van der Waals surface area contributed by atoms with Crippen LogP contribution < -0.4 is 10.6 Å². The van der Waals surface area contributed by atoms with Crippen molar-refractivity contribution in [3.63, 3.8) is 0 Å². The Morgan fingerprint density at radius 2 is 1.91 bits per heavy atom. The van der Waals surface area contributed by atoms with E-state index in [1.54, 1.807) is 24.5 Å². The lowest BCUT2D eigenvalue weighted by molar-refractivity contribution is 0.0958. The van der Waals surface area contributed by atoms with Crippen LogP contribution in [0, 0.1) is 0 Å². The lowest BCUT2D eigenvalue weighted by Crippen LogP contribution is -2.24. The van der Waals surface area contributed by atoms with Gasteiger partial charge in [-0.2, -0.15) is 0 Å². The number of rotatable bonds is 9. The number of carbonyl (C=O) groups is 1. The van der Waals surface area contributed by atoms with Gasteiger partial charge in [0.25, 0.3) is 5.91 Å². The van der Waals surface area contributed by atoms with Crippen molar-refractivity contribution in [3.8, 4) is 10.6 Å². The van der Waals surface area contributed by atoms with Crippen LogP contribution in [0.15, 0.2) is 67.1 Å². The topological polar surface area (TPSA) is 79.8 Å². The third-order valence-corrected chi connectivity index (χ3v) is 6.55. The van der Waals surface area contributed by atoms with Crippen LogP contribution in [-0.4, -0.2) is 33.9 Å². The van der Waals surface area contributed by atoms with Crippen molar-refractivity contribution in [3.05, 3.63) is 93.2 Å². The molecule has 4 aromatic rings. The van der Waals surface area contributed by atoms with Crippen molar-refractivity contribution < 1.29 is 4.79 Å². The van der Waals surface area contributed by atoms with E-state index < -0.39 is 0 Å². The van der Waals surface area contributed by atoms with Crippen molar-refractivity contribution in [1.82, 2.24) is 20.3 Å². The van der Waals surface area contributed by atoms with Crippen LogP contribution in [-0.2, 0) is 12.8 Å². The molecule has 0 atom stereocenters. The van der Waals surface area contributed by atoms with Crippen molar-refractivity contribution in [1.29, 1.82) is 0 Å². The molecule has 2 N–H and O–H groups in total. The molecule has 3 heterocycles. The normalized spacial score (nSPS) is 10.7. The Morgan fingerprint density at radius 1 is 1.00 bits per heavy atom. The van der Waals surface area contributed by atoms with Gasteiger partial charge >= 0.3 is 0 Å². The summed E-state index contributed by atoms with van der Waals surface area (Å²) in [6, 6.07) is 14.9. The minimum absolute atomic E-state index is 0.125. The van der Waals surface area contributed by atoms with E-state index in [1.165, 1.54) is 11.3 Å². The summed E-state index contributed by atoms with van der Waals surface area (Å²) in [6.45, 7) is 1.18. The zero-order valence-electron chi connectivity index (χ0n) is 17.6. The van der Waals surface area contributed by atoms with Gasteiger partial charge in [-0.25, -0.2) is 9.97 Å². The molecule has 0 saturated heterocycles. The van der Waals surface area contributed by atoms with Crippen molar-refractivity contribution in [2.75, 3.05) is 18.4 Å². The molecule has 1 amide bonds. The molecule has 0 fully saturated rings. The Bertz CT molecular complexity index is 1230. The number of pyridine rings is 1. The molecule has 168 valence electrons. The highest BCUT2D eigenvalue weighted by molar-refractivity contribution is 7.17. The fourth-order valence-corrected chi connectivity index (χ4v) is 4.56. The zero-order valence-corrected chi connectivity index (χ0v) is 19.9. The summed E-state index contributed by atoms with van der Waals surface area (Å²) in [4.78, 5) is 27.1. The molecule has 3 aromatic heterocycles. The first kappa shape index (κ1) is 23.2. The van der Waals surface area contributed by atoms with Gasteiger partial charge in [0.05, 0.1) is 15.4 Å². The van der Waals surface area contributed by atoms with Crippen LogP contribution in [0.4, 0.5) is 5.95 Å². The summed E-state index contributed by atoms with van der Waals surface area (Å²) in [5, 5.41) is 7.37. The molecule has 9 heteroatoms. The van der Waals surface area contributed by atoms with Gasteiger partial charge in [-0.1, -0.05) is 35.3 Å². The second-order valence-corrected chi connectivity index (χ2v) is 9.14. The number of aromatic nitrogens is 3. The Balaban J connectivity index is 1.31. The van der Waals surface area contributed by atoms with Crippen molar-refractivity contribution >= 4 is 46.4 Å². The number of carbonyl (C=O) groups excluding carboxylic acids is 1. The largest absolute Gasteiger partial charge is 0.354 e. The van der Waals surface area contributed by atoms with E-state index in [0.717, 1.165) is 28.1 Å². The summed E-state index contributed by atoms with van der Waals surface area (Å²) in [5.41, 5.74) is 2.86. The van der Waals surface area contributed by atoms with Crippen LogP contribution in [0.1, 0.15) is 20.8 Å². The number of anilines is 1.